The minimum Gasteiger partial charge on any atom is -0.497 e. The van der Waals surface area contributed by atoms with Gasteiger partial charge in [0.2, 0.25) is 11.8 Å². The zero-order valence-corrected chi connectivity index (χ0v) is 16.5. The van der Waals surface area contributed by atoms with E-state index in [1.807, 2.05) is 4.90 Å². The van der Waals surface area contributed by atoms with Gasteiger partial charge >= 0.3 is 0 Å². The molecule has 3 aliphatic rings. The zero-order valence-electron chi connectivity index (χ0n) is 15.6. The highest BCUT2D eigenvalue weighted by Gasteiger charge is 2.43. The summed E-state index contributed by atoms with van der Waals surface area (Å²) in [5, 5.41) is 3.39. The molecular formula is C19H26ClN3O4. The molecule has 0 saturated carbocycles. The average Bonchev–Trinajstić information content (AvgIpc) is 3.34. The number of ether oxygens (including phenoxy) is 2. The molecular weight excluding hydrogens is 370 g/mol. The molecule has 0 bridgehead atoms. The van der Waals surface area contributed by atoms with Gasteiger partial charge in [-0.2, -0.15) is 0 Å². The number of rotatable bonds is 4. The van der Waals surface area contributed by atoms with Crippen molar-refractivity contribution < 1.29 is 19.1 Å². The third-order valence-corrected chi connectivity index (χ3v) is 5.82. The number of likely N-dealkylation sites (tertiary alicyclic amines) is 1. The van der Waals surface area contributed by atoms with Crippen LogP contribution in [-0.2, 0) is 9.59 Å². The van der Waals surface area contributed by atoms with Gasteiger partial charge in [-0.05, 0) is 11.8 Å². The van der Waals surface area contributed by atoms with Crippen molar-refractivity contribution >= 4 is 29.9 Å². The molecule has 8 heteroatoms. The molecule has 0 radical (unpaired) electrons. The van der Waals surface area contributed by atoms with E-state index in [1.165, 1.54) is 0 Å². The van der Waals surface area contributed by atoms with Gasteiger partial charge in [-0.15, -0.1) is 12.4 Å². The summed E-state index contributed by atoms with van der Waals surface area (Å²) in [6.45, 7) is 4.03. The third-order valence-electron chi connectivity index (χ3n) is 5.82. The highest BCUT2D eigenvalue weighted by Crippen LogP contribution is 2.34. The van der Waals surface area contributed by atoms with Crippen molar-refractivity contribution in [2.24, 2.45) is 17.8 Å². The molecule has 1 N–H and O–H groups in total. The SMILES string of the molecule is COc1cc(OC)cc(N2CC(C(=O)N3C[C@H]4CNC[C@H]4C3)CC2=O)c1.Cl. The van der Waals surface area contributed by atoms with Crippen molar-refractivity contribution in [1.29, 1.82) is 0 Å². The number of hydrogen-bond donors (Lipinski definition) is 1. The fourth-order valence-corrected chi connectivity index (χ4v) is 4.36. The van der Waals surface area contributed by atoms with Crippen LogP contribution in [0.15, 0.2) is 18.2 Å². The molecule has 3 atom stereocenters. The number of halogens is 1. The van der Waals surface area contributed by atoms with E-state index in [-0.39, 0.29) is 36.6 Å². The Morgan fingerprint density at radius 2 is 1.63 bits per heavy atom. The van der Waals surface area contributed by atoms with E-state index >= 15 is 0 Å². The monoisotopic (exact) mass is 395 g/mol. The second-order valence-electron chi connectivity index (χ2n) is 7.40. The summed E-state index contributed by atoms with van der Waals surface area (Å²) in [4.78, 5) is 29.1. The summed E-state index contributed by atoms with van der Waals surface area (Å²) < 4.78 is 10.6. The van der Waals surface area contributed by atoms with Gasteiger partial charge in [-0.1, -0.05) is 0 Å². The molecule has 2 amide bonds. The molecule has 3 aliphatic heterocycles. The predicted molar refractivity (Wildman–Crippen MR) is 104 cm³/mol. The summed E-state index contributed by atoms with van der Waals surface area (Å²) in [6.07, 6.45) is 0.266. The first-order valence-electron chi connectivity index (χ1n) is 9.12. The molecule has 1 aromatic rings. The van der Waals surface area contributed by atoms with Crippen LogP contribution in [0.2, 0.25) is 0 Å². The van der Waals surface area contributed by atoms with E-state index in [2.05, 4.69) is 5.32 Å². The number of carbonyl (C=O) groups is 2. The zero-order chi connectivity index (χ0) is 18.3. The Labute approximate surface area is 165 Å². The molecule has 148 valence electrons. The average molecular weight is 396 g/mol. The molecule has 1 aromatic carbocycles. The largest absolute Gasteiger partial charge is 0.497 e. The lowest BCUT2D eigenvalue weighted by Gasteiger charge is -2.22. The quantitative estimate of drug-likeness (QED) is 0.828. The predicted octanol–water partition coefficient (Wildman–Crippen LogP) is 1.16. The van der Waals surface area contributed by atoms with E-state index < -0.39 is 0 Å². The first kappa shape index (κ1) is 19.8. The Morgan fingerprint density at radius 3 is 2.19 bits per heavy atom. The molecule has 3 heterocycles. The van der Waals surface area contributed by atoms with Gasteiger partial charge in [0.15, 0.2) is 0 Å². The van der Waals surface area contributed by atoms with Gasteiger partial charge in [-0.25, -0.2) is 0 Å². The maximum absolute atomic E-state index is 12.9. The maximum Gasteiger partial charge on any atom is 0.228 e. The number of benzene rings is 1. The number of anilines is 1. The number of nitrogens with one attached hydrogen (secondary N) is 1. The Hall–Kier alpha value is -1.99. The molecule has 27 heavy (non-hydrogen) atoms. The van der Waals surface area contributed by atoms with E-state index in [9.17, 15) is 9.59 Å². The van der Waals surface area contributed by atoms with Crippen molar-refractivity contribution in [3.05, 3.63) is 18.2 Å². The van der Waals surface area contributed by atoms with Crippen molar-refractivity contribution in [1.82, 2.24) is 10.2 Å². The summed E-state index contributed by atoms with van der Waals surface area (Å²) in [5.41, 5.74) is 0.712. The highest BCUT2D eigenvalue weighted by atomic mass is 35.5. The topological polar surface area (TPSA) is 71.1 Å². The molecule has 3 saturated heterocycles. The van der Waals surface area contributed by atoms with Crippen LogP contribution in [0.3, 0.4) is 0 Å². The van der Waals surface area contributed by atoms with Crippen LogP contribution in [0.4, 0.5) is 5.69 Å². The van der Waals surface area contributed by atoms with Gasteiger partial charge in [0.25, 0.3) is 0 Å². The normalized spacial score (nSPS) is 26.7. The number of amides is 2. The van der Waals surface area contributed by atoms with E-state index in [0.717, 1.165) is 26.2 Å². The summed E-state index contributed by atoms with van der Waals surface area (Å²) >= 11 is 0. The van der Waals surface area contributed by atoms with Gasteiger partial charge in [0.1, 0.15) is 11.5 Å². The van der Waals surface area contributed by atoms with E-state index in [4.69, 9.17) is 9.47 Å². The molecule has 0 aromatic heterocycles. The van der Waals surface area contributed by atoms with Crippen LogP contribution in [0.1, 0.15) is 6.42 Å². The van der Waals surface area contributed by atoms with Crippen LogP contribution < -0.4 is 19.7 Å². The van der Waals surface area contributed by atoms with Crippen molar-refractivity contribution in [2.45, 2.75) is 6.42 Å². The van der Waals surface area contributed by atoms with E-state index in [1.54, 1.807) is 37.3 Å². The minimum absolute atomic E-state index is 0. The molecule has 0 spiro atoms. The Morgan fingerprint density at radius 1 is 1.04 bits per heavy atom. The number of fused-ring (bicyclic) bond motifs is 1. The summed E-state index contributed by atoms with van der Waals surface area (Å²) in [7, 11) is 3.16. The fourth-order valence-electron chi connectivity index (χ4n) is 4.36. The number of methoxy groups -OCH3 is 2. The highest BCUT2D eigenvalue weighted by molar-refractivity contribution is 6.00. The number of hydrogen-bond acceptors (Lipinski definition) is 5. The first-order valence-corrected chi connectivity index (χ1v) is 9.12. The first-order chi connectivity index (χ1) is 12.6. The van der Waals surface area contributed by atoms with Crippen molar-refractivity contribution in [3.63, 3.8) is 0 Å². The molecule has 4 rings (SSSR count). The molecule has 7 nitrogen and oxygen atoms in total. The standard InChI is InChI=1S/C19H25N3O4.ClH/c1-25-16-4-15(5-17(6-16)26-2)22-11-12(3-18(22)23)19(24)21-9-13-7-20-8-14(13)10-21;/h4-6,12-14,20H,3,7-11H2,1-2H3;1H/t12?,13-,14+;. The Bertz CT molecular complexity index is 695. The van der Waals surface area contributed by atoms with Crippen LogP contribution in [0.5, 0.6) is 11.5 Å². The third kappa shape index (κ3) is 3.71. The second kappa shape index (κ2) is 7.94. The lowest BCUT2D eigenvalue weighted by molar-refractivity contribution is -0.135. The van der Waals surface area contributed by atoms with Crippen LogP contribution in [0, 0.1) is 17.8 Å². The van der Waals surface area contributed by atoms with Gasteiger partial charge in [0, 0.05) is 57.3 Å². The summed E-state index contributed by atoms with van der Waals surface area (Å²) in [5.74, 6) is 2.20. The van der Waals surface area contributed by atoms with Gasteiger partial charge in [-0.3, -0.25) is 9.59 Å². The minimum atomic E-state index is -0.272. The Balaban J connectivity index is 0.00000210. The molecule has 0 aliphatic carbocycles. The second-order valence-corrected chi connectivity index (χ2v) is 7.40. The lowest BCUT2D eigenvalue weighted by atomic mass is 10.0. The van der Waals surface area contributed by atoms with Crippen LogP contribution >= 0.6 is 12.4 Å². The maximum atomic E-state index is 12.9. The van der Waals surface area contributed by atoms with Crippen molar-refractivity contribution in [3.8, 4) is 11.5 Å². The number of nitrogens with zero attached hydrogens (tertiary/aromatic N) is 2. The van der Waals surface area contributed by atoms with Gasteiger partial charge in [0.05, 0.1) is 25.8 Å². The van der Waals surface area contributed by atoms with Gasteiger partial charge < -0.3 is 24.6 Å². The fraction of sp³-hybridized carbons (Fsp3) is 0.579. The van der Waals surface area contributed by atoms with E-state index in [0.29, 0.717) is 35.6 Å². The Kier molecular flexibility index (Phi) is 5.81. The lowest BCUT2D eigenvalue weighted by Crippen LogP contribution is -2.37. The van der Waals surface area contributed by atoms with Crippen molar-refractivity contribution in [2.75, 3.05) is 51.8 Å². The molecule has 1 unspecified atom stereocenters. The summed E-state index contributed by atoms with van der Waals surface area (Å²) in [6, 6.07) is 5.38. The molecule has 3 fully saturated rings. The van der Waals surface area contributed by atoms with Crippen LogP contribution in [0.25, 0.3) is 0 Å². The smallest absolute Gasteiger partial charge is 0.228 e. The van der Waals surface area contributed by atoms with Crippen LogP contribution in [-0.4, -0.2) is 63.7 Å². The number of carbonyl (C=O) groups excluding carboxylic acids is 2.